The number of carbonyl (C=O) groups is 1. The largest absolute Gasteiger partial charge is 0.468 e. The highest BCUT2D eigenvalue weighted by molar-refractivity contribution is 7.97. The Morgan fingerprint density at radius 3 is 2.55 bits per heavy atom. The number of hydrogen-bond donors (Lipinski definition) is 1. The summed E-state index contributed by atoms with van der Waals surface area (Å²) in [5, 5.41) is 14.7. The van der Waals surface area contributed by atoms with Crippen molar-refractivity contribution < 1.29 is 18.8 Å². The van der Waals surface area contributed by atoms with Gasteiger partial charge in [-0.1, -0.05) is 59.2 Å². The van der Waals surface area contributed by atoms with Crippen LogP contribution in [0.2, 0.25) is 5.02 Å². The summed E-state index contributed by atoms with van der Waals surface area (Å²) < 4.78 is 11.0. The van der Waals surface area contributed by atoms with Gasteiger partial charge in [-0.3, -0.25) is 4.90 Å². The fraction of sp³-hybridized carbons (Fsp3) is 0.200. The first-order valence-electron chi connectivity index (χ1n) is 10.4. The van der Waals surface area contributed by atoms with Crippen LogP contribution in [0.5, 0.6) is 0 Å². The zero-order chi connectivity index (χ0) is 23.4. The van der Waals surface area contributed by atoms with Crippen molar-refractivity contribution in [1.82, 2.24) is 5.16 Å². The number of halogens is 1. The van der Waals surface area contributed by atoms with E-state index in [1.807, 2.05) is 54.6 Å². The quantitative estimate of drug-likeness (QED) is 0.279. The zero-order valence-electron chi connectivity index (χ0n) is 18.2. The maximum atomic E-state index is 12.3. The fourth-order valence-electron chi connectivity index (χ4n) is 3.66. The van der Waals surface area contributed by atoms with Crippen LogP contribution < -0.4 is 4.90 Å². The van der Waals surface area contributed by atoms with Gasteiger partial charge in [-0.05, 0) is 43.2 Å². The van der Waals surface area contributed by atoms with Gasteiger partial charge >= 0.3 is 6.09 Å². The van der Waals surface area contributed by atoms with Crippen LogP contribution in [0.1, 0.15) is 35.5 Å². The second-order valence-electron chi connectivity index (χ2n) is 7.56. The summed E-state index contributed by atoms with van der Waals surface area (Å²) in [6.45, 7) is 3.53. The Kier molecular flexibility index (Phi) is 7.11. The highest BCUT2D eigenvalue weighted by Gasteiger charge is 2.31. The van der Waals surface area contributed by atoms with Crippen molar-refractivity contribution in [1.29, 1.82) is 0 Å². The molecular formula is C25H23ClN2O4S. The van der Waals surface area contributed by atoms with E-state index < -0.39 is 12.1 Å². The molecule has 2 aromatic carbocycles. The Hall–Kier alpha value is -3.16. The smallest absolute Gasteiger partial charge is 0.412 e. The molecular weight excluding hydrogens is 460 g/mol. The van der Waals surface area contributed by atoms with Gasteiger partial charge in [0.2, 0.25) is 0 Å². The van der Waals surface area contributed by atoms with Crippen LogP contribution in [0.25, 0.3) is 11.3 Å². The molecule has 170 valence electrons. The van der Waals surface area contributed by atoms with E-state index in [0.29, 0.717) is 27.7 Å². The Balaban J connectivity index is 1.58. The number of carboxylic acid groups (broad SMARTS) is 1. The van der Waals surface area contributed by atoms with E-state index in [4.69, 9.17) is 20.5 Å². The number of nitrogens with zero attached hydrogens (tertiary/aromatic N) is 2. The van der Waals surface area contributed by atoms with Crippen molar-refractivity contribution in [3.8, 4) is 11.3 Å². The van der Waals surface area contributed by atoms with E-state index in [-0.39, 0.29) is 0 Å². The molecule has 0 aliphatic rings. The van der Waals surface area contributed by atoms with Crippen LogP contribution in [0.15, 0.2) is 75.9 Å². The number of aryl methyl sites for hydroxylation is 1. The van der Waals surface area contributed by atoms with Crippen molar-refractivity contribution in [3.05, 3.63) is 94.5 Å². The van der Waals surface area contributed by atoms with Gasteiger partial charge in [0.15, 0.2) is 5.76 Å². The van der Waals surface area contributed by atoms with Crippen molar-refractivity contribution in [2.45, 2.75) is 31.4 Å². The fourth-order valence-corrected chi connectivity index (χ4v) is 4.85. The number of benzene rings is 2. The summed E-state index contributed by atoms with van der Waals surface area (Å²) >= 11 is 8.11. The number of amides is 1. The molecule has 6 nitrogen and oxygen atoms in total. The molecule has 1 amide bonds. The first kappa shape index (κ1) is 23.0. The number of thioether (sulfide) groups is 1. The van der Waals surface area contributed by atoms with Crippen LogP contribution in [-0.4, -0.2) is 16.4 Å². The van der Waals surface area contributed by atoms with E-state index in [2.05, 4.69) is 5.16 Å². The minimum Gasteiger partial charge on any atom is -0.468 e. The van der Waals surface area contributed by atoms with Crippen LogP contribution in [-0.2, 0) is 11.5 Å². The third-order valence-corrected chi connectivity index (χ3v) is 6.70. The highest BCUT2D eigenvalue weighted by atomic mass is 35.5. The summed E-state index contributed by atoms with van der Waals surface area (Å²) in [6.07, 6.45) is 0.565. The Bertz CT molecular complexity index is 1220. The van der Waals surface area contributed by atoms with E-state index in [9.17, 15) is 9.90 Å². The number of aromatic nitrogens is 1. The molecule has 1 atom stereocenters. The molecule has 8 heteroatoms. The second-order valence-corrected chi connectivity index (χ2v) is 8.96. The topological polar surface area (TPSA) is 79.7 Å². The Morgan fingerprint density at radius 1 is 1.12 bits per heavy atom. The molecule has 0 bridgehead atoms. The molecule has 1 N–H and O–H groups in total. The summed E-state index contributed by atoms with van der Waals surface area (Å²) in [6, 6.07) is 18.4. The lowest BCUT2D eigenvalue weighted by Gasteiger charge is -2.27. The van der Waals surface area contributed by atoms with Gasteiger partial charge in [-0.25, -0.2) is 4.79 Å². The average Bonchev–Trinajstić information content (AvgIpc) is 3.45. The van der Waals surface area contributed by atoms with Crippen LogP contribution >= 0.6 is 23.4 Å². The minimum absolute atomic E-state index is 0.406. The van der Waals surface area contributed by atoms with E-state index >= 15 is 0 Å². The molecule has 1 unspecified atom stereocenters. The highest BCUT2D eigenvalue weighted by Crippen LogP contribution is 2.39. The van der Waals surface area contributed by atoms with Crippen LogP contribution in [0.4, 0.5) is 10.5 Å². The van der Waals surface area contributed by atoms with Gasteiger partial charge in [0.25, 0.3) is 0 Å². The van der Waals surface area contributed by atoms with Crippen molar-refractivity contribution in [2.75, 3.05) is 4.90 Å². The predicted octanol–water partition coefficient (Wildman–Crippen LogP) is 7.58. The van der Waals surface area contributed by atoms with Gasteiger partial charge in [0, 0.05) is 16.3 Å². The SMILES string of the molecule is Cc1noc(-c2ccc(CSCc3ccco3)cc2)c1N(C(=O)O)C(C)c1ccccc1Cl. The van der Waals surface area contributed by atoms with Crippen molar-refractivity contribution >= 4 is 35.1 Å². The first-order valence-corrected chi connectivity index (χ1v) is 11.9. The summed E-state index contributed by atoms with van der Waals surface area (Å²) in [4.78, 5) is 13.6. The molecule has 0 aliphatic heterocycles. The molecule has 4 aromatic rings. The lowest BCUT2D eigenvalue weighted by atomic mass is 10.0. The molecule has 2 heterocycles. The molecule has 0 saturated heterocycles. The average molecular weight is 483 g/mol. The summed E-state index contributed by atoms with van der Waals surface area (Å²) in [5.41, 5.74) is 3.51. The maximum absolute atomic E-state index is 12.3. The summed E-state index contributed by atoms with van der Waals surface area (Å²) in [5.74, 6) is 2.98. The molecule has 4 rings (SSSR count). The Morgan fingerprint density at radius 2 is 1.88 bits per heavy atom. The second kappa shape index (κ2) is 10.2. The molecule has 0 spiro atoms. The van der Waals surface area contributed by atoms with Crippen LogP contribution in [0.3, 0.4) is 0 Å². The van der Waals surface area contributed by atoms with Crippen molar-refractivity contribution in [3.63, 3.8) is 0 Å². The van der Waals surface area contributed by atoms with E-state index in [1.165, 1.54) is 4.90 Å². The van der Waals surface area contributed by atoms with E-state index in [0.717, 1.165) is 28.4 Å². The van der Waals surface area contributed by atoms with Gasteiger partial charge < -0.3 is 14.0 Å². The van der Waals surface area contributed by atoms with Gasteiger partial charge in [0.05, 0.1) is 18.1 Å². The molecule has 0 fully saturated rings. The lowest BCUT2D eigenvalue weighted by Crippen LogP contribution is -2.33. The normalized spacial score (nSPS) is 12.0. The number of rotatable bonds is 8. The molecule has 0 saturated carbocycles. The molecule has 0 radical (unpaired) electrons. The molecule has 33 heavy (non-hydrogen) atoms. The predicted molar refractivity (Wildman–Crippen MR) is 131 cm³/mol. The van der Waals surface area contributed by atoms with Gasteiger partial charge in [0.1, 0.15) is 17.1 Å². The zero-order valence-corrected chi connectivity index (χ0v) is 19.8. The van der Waals surface area contributed by atoms with Crippen molar-refractivity contribution in [2.24, 2.45) is 0 Å². The standard InChI is InChI=1S/C25H23ClN2O4S/c1-16-23(28(25(29)30)17(2)21-7-3-4-8-22(21)26)24(32-27-16)19-11-9-18(10-12-19)14-33-15-20-6-5-13-31-20/h3-13,17H,14-15H2,1-2H3,(H,29,30). The minimum atomic E-state index is -1.11. The monoisotopic (exact) mass is 482 g/mol. The number of anilines is 1. The third kappa shape index (κ3) is 5.10. The first-order chi connectivity index (χ1) is 16.0. The van der Waals surface area contributed by atoms with Gasteiger partial charge in [-0.15, -0.1) is 11.8 Å². The Labute approximate surface area is 201 Å². The van der Waals surface area contributed by atoms with Gasteiger partial charge in [-0.2, -0.15) is 0 Å². The lowest BCUT2D eigenvalue weighted by molar-refractivity contribution is 0.199. The third-order valence-electron chi connectivity index (χ3n) is 5.33. The molecule has 0 aliphatic carbocycles. The van der Waals surface area contributed by atoms with E-state index in [1.54, 1.807) is 37.9 Å². The molecule has 2 aromatic heterocycles. The summed E-state index contributed by atoms with van der Waals surface area (Å²) in [7, 11) is 0. The number of furan rings is 1. The number of hydrogen-bond acceptors (Lipinski definition) is 5. The van der Waals surface area contributed by atoms with Crippen LogP contribution in [0, 0.1) is 6.92 Å². The maximum Gasteiger partial charge on any atom is 0.412 e.